The first-order valence-corrected chi connectivity index (χ1v) is 9.78. The van der Waals surface area contributed by atoms with Crippen molar-refractivity contribution < 1.29 is 4.79 Å². The Morgan fingerprint density at radius 2 is 1.59 bits per heavy atom. The van der Waals surface area contributed by atoms with E-state index < -0.39 is 5.69 Å². The third kappa shape index (κ3) is 3.09. The van der Waals surface area contributed by atoms with Gasteiger partial charge in [0.25, 0.3) is 11.5 Å². The van der Waals surface area contributed by atoms with Crippen molar-refractivity contribution in [2.75, 3.05) is 0 Å². The van der Waals surface area contributed by atoms with Gasteiger partial charge in [0.05, 0.1) is 5.39 Å². The molecule has 1 amide bonds. The summed E-state index contributed by atoms with van der Waals surface area (Å²) < 4.78 is 2.39. The summed E-state index contributed by atoms with van der Waals surface area (Å²) in [5.41, 5.74) is -0.247. The van der Waals surface area contributed by atoms with E-state index in [0.717, 1.165) is 49.0 Å². The topological polar surface area (TPSA) is 77.2 Å². The van der Waals surface area contributed by atoms with Crippen LogP contribution in [0.1, 0.15) is 55.9 Å². The molecule has 2 fully saturated rings. The van der Waals surface area contributed by atoms with E-state index in [1.807, 2.05) is 4.90 Å². The molecule has 7 heteroatoms. The second kappa shape index (κ2) is 6.62. The maximum Gasteiger partial charge on any atom is 0.332 e. The molecule has 0 spiro atoms. The number of hydrogen-bond donors (Lipinski definition) is 0. The predicted molar refractivity (Wildman–Crippen MR) is 103 cm³/mol. The van der Waals surface area contributed by atoms with Crippen LogP contribution in [0.5, 0.6) is 0 Å². The van der Waals surface area contributed by atoms with Crippen LogP contribution < -0.4 is 11.2 Å². The number of pyridine rings is 1. The Morgan fingerprint density at radius 1 is 1.00 bits per heavy atom. The molecule has 0 N–H and O–H groups in total. The second-order valence-electron chi connectivity index (χ2n) is 8.13. The molecule has 0 saturated heterocycles. The van der Waals surface area contributed by atoms with Gasteiger partial charge in [0.2, 0.25) is 0 Å². The van der Waals surface area contributed by atoms with Crippen molar-refractivity contribution in [2.24, 2.45) is 20.0 Å². The van der Waals surface area contributed by atoms with E-state index in [4.69, 9.17) is 0 Å². The minimum Gasteiger partial charge on any atom is -0.331 e. The molecule has 0 bridgehead atoms. The quantitative estimate of drug-likeness (QED) is 0.826. The highest BCUT2D eigenvalue weighted by atomic mass is 16.2. The van der Waals surface area contributed by atoms with Gasteiger partial charge in [-0.2, -0.15) is 0 Å². The van der Waals surface area contributed by atoms with Crippen molar-refractivity contribution in [1.29, 1.82) is 0 Å². The smallest absolute Gasteiger partial charge is 0.331 e. The minimum atomic E-state index is -0.440. The maximum atomic E-state index is 13.3. The van der Waals surface area contributed by atoms with Crippen molar-refractivity contribution in [2.45, 2.75) is 57.5 Å². The number of rotatable bonds is 3. The van der Waals surface area contributed by atoms with Gasteiger partial charge in [-0.3, -0.25) is 18.7 Å². The van der Waals surface area contributed by atoms with Crippen molar-refractivity contribution >= 4 is 16.9 Å². The van der Waals surface area contributed by atoms with E-state index in [1.165, 1.54) is 11.6 Å². The van der Waals surface area contributed by atoms with Crippen molar-refractivity contribution in [3.8, 4) is 0 Å². The van der Waals surface area contributed by atoms with E-state index >= 15 is 0 Å². The summed E-state index contributed by atoms with van der Waals surface area (Å²) >= 11 is 0. The van der Waals surface area contributed by atoms with Crippen molar-refractivity contribution in [3.63, 3.8) is 0 Å². The van der Waals surface area contributed by atoms with Crippen LogP contribution in [0.15, 0.2) is 21.7 Å². The second-order valence-corrected chi connectivity index (χ2v) is 8.13. The number of aryl methyl sites for hydroxylation is 1. The fraction of sp³-hybridized carbons (Fsp3) is 0.600. The molecule has 2 aromatic heterocycles. The number of nitrogens with zero attached hydrogens (tertiary/aromatic N) is 4. The lowest BCUT2D eigenvalue weighted by atomic mass is 9.86. The monoisotopic (exact) mass is 370 g/mol. The molecule has 2 aliphatic rings. The molecule has 7 nitrogen and oxygen atoms in total. The highest BCUT2D eigenvalue weighted by Crippen LogP contribution is 2.36. The van der Waals surface area contributed by atoms with E-state index in [1.54, 1.807) is 19.2 Å². The van der Waals surface area contributed by atoms with Crippen molar-refractivity contribution in [3.05, 3.63) is 38.7 Å². The highest BCUT2D eigenvalue weighted by Gasteiger charge is 2.39. The third-order valence-electron chi connectivity index (χ3n) is 6.07. The Bertz CT molecular complexity index is 1010. The van der Waals surface area contributed by atoms with Crippen LogP contribution in [0, 0.1) is 5.92 Å². The fourth-order valence-electron chi connectivity index (χ4n) is 4.21. The number of carbonyl (C=O) groups excluding carboxylic acids is 1. The molecule has 27 heavy (non-hydrogen) atoms. The summed E-state index contributed by atoms with van der Waals surface area (Å²) in [5.74, 6) is 0.647. The highest BCUT2D eigenvalue weighted by molar-refractivity contribution is 5.95. The standard InChI is InChI=1S/C20H26N4O3/c1-12-4-6-13(7-5-12)24(14-8-9-14)19(26)16-11-10-15-17(21-16)22(2)20(27)23(3)18(15)25/h10-14H,4-9H2,1-3H3. The summed E-state index contributed by atoms with van der Waals surface area (Å²) in [6.07, 6.45) is 6.47. The molecule has 0 aromatic carbocycles. The normalized spacial score (nSPS) is 22.8. The Hall–Kier alpha value is -2.44. The molecule has 144 valence electrons. The van der Waals surface area contributed by atoms with Gasteiger partial charge in [-0.05, 0) is 56.6 Å². The zero-order valence-corrected chi connectivity index (χ0v) is 16.1. The molecule has 4 rings (SSSR count). The first-order chi connectivity index (χ1) is 12.9. The lowest BCUT2D eigenvalue weighted by molar-refractivity contribution is 0.0587. The molecule has 0 aliphatic heterocycles. The Labute approximate surface area is 157 Å². The van der Waals surface area contributed by atoms with Crippen LogP contribution >= 0.6 is 0 Å². The average Bonchev–Trinajstić information content (AvgIpc) is 3.51. The Balaban J connectivity index is 1.73. The lowest BCUT2D eigenvalue weighted by Crippen LogP contribution is -2.44. The number of aromatic nitrogens is 3. The summed E-state index contributed by atoms with van der Waals surface area (Å²) in [6.45, 7) is 2.27. The lowest BCUT2D eigenvalue weighted by Gasteiger charge is -2.36. The van der Waals surface area contributed by atoms with E-state index in [2.05, 4.69) is 11.9 Å². The average molecular weight is 370 g/mol. The number of amides is 1. The van der Waals surface area contributed by atoms with Gasteiger partial charge >= 0.3 is 5.69 Å². The van der Waals surface area contributed by atoms with Crippen LogP contribution in [0.3, 0.4) is 0 Å². The van der Waals surface area contributed by atoms with Gasteiger partial charge in [-0.1, -0.05) is 6.92 Å². The van der Waals surface area contributed by atoms with Gasteiger partial charge < -0.3 is 4.90 Å². The molecule has 0 unspecified atom stereocenters. The van der Waals surface area contributed by atoms with E-state index in [-0.39, 0.29) is 23.2 Å². The van der Waals surface area contributed by atoms with Crippen LogP contribution in [0.2, 0.25) is 0 Å². The molecule has 2 aliphatic carbocycles. The molecular formula is C20H26N4O3. The van der Waals surface area contributed by atoms with Gasteiger partial charge in [0.15, 0.2) is 0 Å². The molecule has 0 atom stereocenters. The largest absolute Gasteiger partial charge is 0.332 e. The van der Waals surface area contributed by atoms with Crippen LogP contribution in [-0.4, -0.2) is 37.0 Å². The third-order valence-corrected chi connectivity index (χ3v) is 6.07. The minimum absolute atomic E-state index is 0.0768. The van der Waals surface area contributed by atoms with Gasteiger partial charge in [0.1, 0.15) is 11.3 Å². The summed E-state index contributed by atoms with van der Waals surface area (Å²) in [5, 5.41) is 0.348. The number of fused-ring (bicyclic) bond motifs is 1. The molecular weight excluding hydrogens is 344 g/mol. The Morgan fingerprint density at radius 3 is 2.19 bits per heavy atom. The number of carbonyl (C=O) groups is 1. The summed E-state index contributed by atoms with van der Waals surface area (Å²) in [4.78, 5) is 44.3. The Kier molecular flexibility index (Phi) is 4.40. The van der Waals surface area contributed by atoms with E-state index in [9.17, 15) is 14.4 Å². The summed E-state index contributed by atoms with van der Waals surface area (Å²) in [6, 6.07) is 3.81. The van der Waals surface area contributed by atoms with Gasteiger partial charge in [-0.15, -0.1) is 0 Å². The zero-order chi connectivity index (χ0) is 19.3. The fourth-order valence-corrected chi connectivity index (χ4v) is 4.21. The van der Waals surface area contributed by atoms with E-state index in [0.29, 0.717) is 17.1 Å². The van der Waals surface area contributed by atoms with Crippen LogP contribution in [0.4, 0.5) is 0 Å². The first-order valence-electron chi connectivity index (χ1n) is 9.78. The molecule has 0 radical (unpaired) electrons. The first kappa shape index (κ1) is 17.9. The maximum absolute atomic E-state index is 13.3. The van der Waals surface area contributed by atoms with Crippen molar-refractivity contribution in [1.82, 2.24) is 19.0 Å². The zero-order valence-electron chi connectivity index (χ0n) is 16.1. The van der Waals surface area contributed by atoms with Crippen LogP contribution in [-0.2, 0) is 14.1 Å². The number of hydrogen-bond acceptors (Lipinski definition) is 4. The molecule has 2 heterocycles. The molecule has 2 aromatic rings. The SMILES string of the molecule is CC1CCC(N(C(=O)c2ccc3c(=O)n(C)c(=O)n(C)c3n2)C2CC2)CC1. The molecule has 2 saturated carbocycles. The predicted octanol–water partition coefficient (Wildman–Crippen LogP) is 1.82. The van der Waals surface area contributed by atoms with Gasteiger partial charge in [0, 0.05) is 26.2 Å². The summed E-state index contributed by atoms with van der Waals surface area (Å²) in [7, 11) is 3.02. The van der Waals surface area contributed by atoms with Crippen LogP contribution in [0.25, 0.3) is 11.0 Å². The van der Waals surface area contributed by atoms with Gasteiger partial charge in [-0.25, -0.2) is 9.78 Å².